The fourth-order valence-electron chi connectivity index (χ4n) is 6.87. The van der Waals surface area contributed by atoms with Gasteiger partial charge in [-0.25, -0.2) is 18.1 Å². The van der Waals surface area contributed by atoms with Crippen LogP contribution in [0.25, 0.3) is 0 Å². The van der Waals surface area contributed by atoms with Gasteiger partial charge in [0.05, 0.1) is 10.7 Å². The van der Waals surface area contributed by atoms with Crippen molar-refractivity contribution < 1.29 is 8.42 Å². The van der Waals surface area contributed by atoms with Crippen molar-refractivity contribution in [2.45, 2.75) is 42.5 Å². The first-order chi connectivity index (χ1) is 16.8. The molecule has 2 atom stereocenters. The van der Waals surface area contributed by atoms with E-state index >= 15 is 0 Å². The van der Waals surface area contributed by atoms with Gasteiger partial charge in [0.1, 0.15) is 5.82 Å². The molecule has 8 heteroatoms. The lowest BCUT2D eigenvalue weighted by Crippen LogP contribution is -2.27. The number of sulfonamides is 1. The number of nitrogens with one attached hydrogen (secondary N) is 3. The summed E-state index contributed by atoms with van der Waals surface area (Å²) in [5.74, 6) is 3.13. The minimum atomic E-state index is -3.60. The number of hydrogen-bond donors (Lipinski definition) is 3. The number of aromatic nitrogens is 1. The Bertz CT molecular complexity index is 1360. The van der Waals surface area contributed by atoms with E-state index in [1.165, 1.54) is 50.8 Å². The summed E-state index contributed by atoms with van der Waals surface area (Å²) in [7, 11) is -2.23. The van der Waals surface area contributed by atoms with Gasteiger partial charge in [0, 0.05) is 11.4 Å². The first kappa shape index (κ1) is 22.8. The number of pyridine rings is 1. The summed E-state index contributed by atoms with van der Waals surface area (Å²) >= 11 is 6.76. The van der Waals surface area contributed by atoms with E-state index in [2.05, 4.69) is 38.5 Å². The second-order valence-corrected chi connectivity index (χ2v) is 12.5. The number of rotatable bonds is 7. The van der Waals surface area contributed by atoms with Crippen LogP contribution in [0.1, 0.15) is 37.7 Å². The summed E-state index contributed by atoms with van der Waals surface area (Å²) in [6.07, 6.45) is 6.92. The van der Waals surface area contributed by atoms with Crippen molar-refractivity contribution in [2.24, 2.45) is 17.8 Å². The summed E-state index contributed by atoms with van der Waals surface area (Å²) in [6, 6.07) is 19.2. The van der Waals surface area contributed by atoms with Gasteiger partial charge in [0.15, 0.2) is 5.03 Å². The van der Waals surface area contributed by atoms with Crippen molar-refractivity contribution in [3.63, 3.8) is 0 Å². The molecule has 0 saturated heterocycles. The van der Waals surface area contributed by atoms with Crippen LogP contribution in [0.3, 0.4) is 0 Å². The molecule has 4 saturated carbocycles. The zero-order valence-corrected chi connectivity index (χ0v) is 21.2. The van der Waals surface area contributed by atoms with E-state index in [0.717, 1.165) is 39.8 Å². The second kappa shape index (κ2) is 8.50. The highest BCUT2D eigenvalue weighted by molar-refractivity contribution is 7.89. The minimum Gasteiger partial charge on any atom is -0.354 e. The van der Waals surface area contributed by atoms with Crippen LogP contribution in [0.2, 0.25) is 5.02 Å². The average Bonchev–Trinajstić information content (AvgIpc) is 3.26. The molecule has 35 heavy (non-hydrogen) atoms. The predicted octanol–water partition coefficient (Wildman–Crippen LogP) is 6.21. The summed E-state index contributed by atoms with van der Waals surface area (Å²) in [5, 5.41) is 7.31. The first-order valence-electron chi connectivity index (χ1n) is 12.2. The van der Waals surface area contributed by atoms with Crippen molar-refractivity contribution in [2.75, 3.05) is 17.7 Å². The summed E-state index contributed by atoms with van der Waals surface area (Å²) < 4.78 is 26.3. The molecule has 1 aromatic heterocycles. The Morgan fingerprint density at radius 2 is 1.60 bits per heavy atom. The van der Waals surface area contributed by atoms with Gasteiger partial charge in [-0.2, -0.15) is 0 Å². The zero-order chi connectivity index (χ0) is 24.2. The molecule has 4 aliphatic rings. The van der Waals surface area contributed by atoms with Gasteiger partial charge in [-0.15, -0.1) is 0 Å². The van der Waals surface area contributed by atoms with Crippen LogP contribution in [0.4, 0.5) is 22.9 Å². The minimum absolute atomic E-state index is 0.0283. The third-order valence-corrected chi connectivity index (χ3v) is 9.87. The highest BCUT2D eigenvalue weighted by Gasteiger charge is 2.58. The van der Waals surface area contributed by atoms with Crippen molar-refractivity contribution in [3.05, 3.63) is 71.2 Å². The molecule has 0 radical (unpaired) electrons. The van der Waals surface area contributed by atoms with E-state index in [9.17, 15) is 8.42 Å². The smallest absolute Gasteiger partial charge is 0.257 e. The Kier molecular flexibility index (Phi) is 5.55. The zero-order valence-electron chi connectivity index (χ0n) is 19.6. The van der Waals surface area contributed by atoms with Crippen molar-refractivity contribution in [3.8, 4) is 0 Å². The number of anilines is 4. The Morgan fingerprint density at radius 1 is 0.914 bits per heavy atom. The number of benzene rings is 2. The Morgan fingerprint density at radius 3 is 2.26 bits per heavy atom. The predicted molar refractivity (Wildman–Crippen MR) is 140 cm³/mol. The molecule has 1 heterocycles. The van der Waals surface area contributed by atoms with Gasteiger partial charge < -0.3 is 10.6 Å². The van der Waals surface area contributed by atoms with Crippen LogP contribution < -0.4 is 15.4 Å². The number of nitrogens with zero attached hydrogens (tertiary/aromatic N) is 1. The summed E-state index contributed by atoms with van der Waals surface area (Å²) in [5.41, 5.74) is 4.41. The van der Waals surface area contributed by atoms with Crippen molar-refractivity contribution in [1.82, 2.24) is 9.71 Å². The maximum absolute atomic E-state index is 12.0. The largest absolute Gasteiger partial charge is 0.354 e. The van der Waals surface area contributed by atoms with Crippen LogP contribution in [-0.2, 0) is 15.4 Å². The normalized spacial score (nSPS) is 26.7. The quantitative estimate of drug-likeness (QED) is 0.353. The number of hydrogen-bond acceptors (Lipinski definition) is 5. The molecular weight excluding hydrogens is 480 g/mol. The molecule has 2 unspecified atom stereocenters. The lowest BCUT2D eigenvalue weighted by atomic mass is 9.71. The third kappa shape index (κ3) is 4.09. The summed E-state index contributed by atoms with van der Waals surface area (Å²) in [6.45, 7) is 0. The molecule has 0 spiro atoms. The highest BCUT2D eigenvalue weighted by Crippen LogP contribution is 2.66. The van der Waals surface area contributed by atoms with Gasteiger partial charge in [0.2, 0.25) is 0 Å². The van der Waals surface area contributed by atoms with Crippen LogP contribution in [0, 0.1) is 17.8 Å². The summed E-state index contributed by atoms with van der Waals surface area (Å²) in [4.78, 5) is 4.19. The lowest BCUT2D eigenvalue weighted by Gasteiger charge is -2.34. The first-order valence-corrected chi connectivity index (χ1v) is 14.1. The molecule has 2 aromatic carbocycles. The van der Waals surface area contributed by atoms with E-state index in [1.54, 1.807) is 12.1 Å². The molecule has 0 amide bonds. The Balaban J connectivity index is 1.15. The van der Waals surface area contributed by atoms with E-state index in [1.807, 2.05) is 24.3 Å². The fourth-order valence-corrected chi connectivity index (χ4v) is 7.79. The average molecular weight is 509 g/mol. The van der Waals surface area contributed by atoms with Crippen LogP contribution >= 0.6 is 11.6 Å². The van der Waals surface area contributed by atoms with Crippen LogP contribution in [0.15, 0.2) is 65.7 Å². The Hall–Kier alpha value is -2.61. The second-order valence-electron chi connectivity index (χ2n) is 10.3. The molecule has 4 aliphatic carbocycles. The fraction of sp³-hybridized carbons (Fsp3) is 0.370. The van der Waals surface area contributed by atoms with Gasteiger partial charge in [-0.05, 0) is 116 Å². The maximum atomic E-state index is 12.0. The lowest BCUT2D eigenvalue weighted by molar-refractivity contribution is 0.266. The molecule has 7 rings (SSSR count). The van der Waals surface area contributed by atoms with Crippen LogP contribution in [-0.4, -0.2) is 20.4 Å². The SMILES string of the molecule is CNS(=O)(=O)c1cccc(Nc2ccc(Nc3ccc(C45CC6CC(CC4C6)C5)cc3Cl)cc2)n1. The molecule has 3 N–H and O–H groups in total. The van der Waals surface area contributed by atoms with E-state index in [4.69, 9.17) is 11.6 Å². The van der Waals surface area contributed by atoms with Gasteiger partial charge >= 0.3 is 0 Å². The molecule has 0 aliphatic heterocycles. The van der Waals surface area contributed by atoms with E-state index in [-0.39, 0.29) is 5.03 Å². The molecular formula is C27H29ClN4O2S. The molecule has 4 bridgehead atoms. The van der Waals surface area contributed by atoms with E-state index < -0.39 is 10.0 Å². The van der Waals surface area contributed by atoms with Crippen molar-refractivity contribution in [1.29, 1.82) is 0 Å². The van der Waals surface area contributed by atoms with Crippen molar-refractivity contribution >= 4 is 44.5 Å². The topological polar surface area (TPSA) is 83.1 Å². The van der Waals surface area contributed by atoms with Gasteiger partial charge in [-0.1, -0.05) is 23.7 Å². The number of halogens is 1. The third-order valence-electron chi connectivity index (χ3n) is 8.24. The molecule has 6 nitrogen and oxygen atoms in total. The monoisotopic (exact) mass is 508 g/mol. The van der Waals surface area contributed by atoms with E-state index in [0.29, 0.717) is 11.2 Å². The molecule has 4 fully saturated rings. The molecule has 182 valence electrons. The highest BCUT2D eigenvalue weighted by atomic mass is 35.5. The van der Waals surface area contributed by atoms with Crippen LogP contribution in [0.5, 0.6) is 0 Å². The Labute approximate surface area is 211 Å². The molecule has 3 aromatic rings. The van der Waals surface area contributed by atoms with Gasteiger partial charge in [0.25, 0.3) is 10.0 Å². The van der Waals surface area contributed by atoms with Gasteiger partial charge in [-0.3, -0.25) is 0 Å². The maximum Gasteiger partial charge on any atom is 0.257 e. The standard InChI is InChI=1S/C27H29ClN4O2S/c1-29-35(33,34)26-4-2-3-25(32-26)31-22-8-6-21(7-9-22)30-24-10-5-19(14-23(24)28)27-15-17-11-18(16-27)13-20(27)12-17/h2-10,14,17-18,20,29-30H,11-13,15-16H2,1H3,(H,31,32).